The quantitative estimate of drug-likeness (QED) is 0.465. The van der Waals surface area contributed by atoms with Gasteiger partial charge in [0.15, 0.2) is 0 Å². The topological polar surface area (TPSA) is 41.6 Å². The first-order valence-electron chi connectivity index (χ1n) is 10.8. The van der Waals surface area contributed by atoms with Gasteiger partial charge in [-0.15, -0.1) is 0 Å². The average molecular weight is 519 g/mol. The van der Waals surface area contributed by atoms with Crippen LogP contribution < -0.4 is 5.48 Å². The average Bonchev–Trinajstić information content (AvgIpc) is 3.19. The summed E-state index contributed by atoms with van der Waals surface area (Å²) >= 11 is 5.72. The predicted molar refractivity (Wildman–Crippen MR) is 117 cm³/mol. The molecule has 1 unspecified atom stereocenters. The van der Waals surface area contributed by atoms with E-state index in [4.69, 9.17) is 16.4 Å². The number of carbonyl (C=O) groups is 1. The number of amides is 1. The van der Waals surface area contributed by atoms with Crippen LogP contribution in [0.3, 0.4) is 0 Å². The van der Waals surface area contributed by atoms with Gasteiger partial charge in [-0.1, -0.05) is 42.8 Å². The molecule has 4 nitrogen and oxygen atoms in total. The molecule has 1 amide bonds. The van der Waals surface area contributed by atoms with Crippen molar-refractivity contribution in [2.45, 2.75) is 43.6 Å². The first-order chi connectivity index (χ1) is 16.3. The molecular formula is C24H21ClF6N2O2. The molecule has 1 atom stereocenters. The normalized spacial score (nSPS) is 20.9. The van der Waals surface area contributed by atoms with Crippen LogP contribution in [0, 0.1) is 0 Å². The fourth-order valence-corrected chi connectivity index (χ4v) is 4.39. The number of carbonyl (C=O) groups excluding carboxylic acids is 1. The van der Waals surface area contributed by atoms with Gasteiger partial charge in [0.25, 0.3) is 0 Å². The molecule has 1 saturated heterocycles. The lowest BCUT2D eigenvalue weighted by atomic mass is 9.89. The Morgan fingerprint density at radius 3 is 2.34 bits per heavy atom. The Hall–Kier alpha value is -2.72. The standard InChI is InChI=1S/C24H21ClF6N2O2/c1-2-3-21(34)33-12-16(13-33)14-4-6-15(7-5-14)20-11-22(35-32-20,24(29,30)31)17-8-18(23(26,27)28)10-19(25)9-17/h4-11,16,32H,2-3,12-13H2,1H3. The van der Waals surface area contributed by atoms with E-state index < -0.39 is 34.1 Å². The number of hydroxylamine groups is 1. The van der Waals surface area contributed by atoms with Gasteiger partial charge in [-0.3, -0.25) is 15.1 Å². The Balaban J connectivity index is 1.60. The molecule has 2 aliphatic heterocycles. The van der Waals surface area contributed by atoms with Crippen molar-refractivity contribution in [2.75, 3.05) is 13.1 Å². The maximum absolute atomic E-state index is 14.2. The molecule has 2 aromatic carbocycles. The van der Waals surface area contributed by atoms with Gasteiger partial charge in [0.2, 0.25) is 11.5 Å². The predicted octanol–water partition coefficient (Wildman–Crippen LogP) is 6.42. The minimum absolute atomic E-state index is 0.0456. The summed E-state index contributed by atoms with van der Waals surface area (Å²) in [6, 6.07) is 8.43. The number of halogens is 7. The summed E-state index contributed by atoms with van der Waals surface area (Å²) in [6.45, 7) is 3.09. The largest absolute Gasteiger partial charge is 0.428 e. The van der Waals surface area contributed by atoms with Gasteiger partial charge in [-0.25, -0.2) is 0 Å². The summed E-state index contributed by atoms with van der Waals surface area (Å²) in [5.74, 6) is 0.226. The summed E-state index contributed by atoms with van der Waals surface area (Å²) in [7, 11) is 0. The molecule has 1 N–H and O–H groups in total. The fraction of sp³-hybridized carbons (Fsp3) is 0.375. The maximum Gasteiger partial charge on any atom is 0.428 e. The number of nitrogens with zero attached hydrogens (tertiary/aromatic N) is 1. The lowest BCUT2D eigenvalue weighted by molar-refractivity contribution is -0.269. The van der Waals surface area contributed by atoms with E-state index in [0.717, 1.165) is 18.1 Å². The highest BCUT2D eigenvalue weighted by atomic mass is 35.5. The number of hydrogen-bond donors (Lipinski definition) is 1. The second kappa shape index (κ2) is 9.05. The molecular weight excluding hydrogens is 498 g/mol. The van der Waals surface area contributed by atoms with Crippen LogP contribution >= 0.6 is 11.6 Å². The van der Waals surface area contributed by atoms with Gasteiger partial charge in [-0.05, 0) is 41.8 Å². The highest BCUT2D eigenvalue weighted by Gasteiger charge is 2.60. The molecule has 0 bridgehead atoms. The molecule has 0 saturated carbocycles. The zero-order valence-electron chi connectivity index (χ0n) is 18.4. The Morgan fingerprint density at radius 2 is 1.77 bits per heavy atom. The first kappa shape index (κ1) is 25.4. The third-order valence-corrected chi connectivity index (χ3v) is 6.35. The van der Waals surface area contributed by atoms with Crippen LogP contribution in [0.1, 0.15) is 47.9 Å². The number of nitrogens with one attached hydrogen (secondary N) is 1. The molecule has 35 heavy (non-hydrogen) atoms. The van der Waals surface area contributed by atoms with Crippen molar-refractivity contribution in [3.63, 3.8) is 0 Å². The van der Waals surface area contributed by atoms with E-state index in [1.807, 2.05) is 6.92 Å². The van der Waals surface area contributed by atoms with E-state index >= 15 is 0 Å². The molecule has 0 radical (unpaired) electrons. The Morgan fingerprint density at radius 1 is 1.11 bits per heavy atom. The Bertz CT molecular complexity index is 1140. The van der Waals surface area contributed by atoms with E-state index in [0.29, 0.717) is 43.3 Å². The lowest BCUT2D eigenvalue weighted by Crippen LogP contribution is -2.48. The minimum atomic E-state index is -5.09. The second-order valence-electron chi connectivity index (χ2n) is 8.59. The van der Waals surface area contributed by atoms with Crippen LogP contribution in [-0.2, 0) is 21.4 Å². The summed E-state index contributed by atoms with van der Waals surface area (Å²) in [4.78, 5) is 18.6. The Labute approximate surface area is 202 Å². The van der Waals surface area contributed by atoms with Gasteiger partial charge in [0, 0.05) is 36.0 Å². The van der Waals surface area contributed by atoms with E-state index in [1.165, 1.54) is 0 Å². The van der Waals surface area contributed by atoms with Crippen LogP contribution in [-0.4, -0.2) is 30.1 Å². The number of likely N-dealkylation sites (tertiary alicyclic amines) is 1. The van der Waals surface area contributed by atoms with E-state index in [2.05, 4.69) is 5.48 Å². The van der Waals surface area contributed by atoms with E-state index in [9.17, 15) is 31.1 Å². The van der Waals surface area contributed by atoms with Crippen LogP contribution in [0.5, 0.6) is 0 Å². The summed E-state index contributed by atoms with van der Waals surface area (Å²) in [5, 5.41) is -0.500. The third kappa shape index (κ3) is 4.86. The molecule has 2 heterocycles. The third-order valence-electron chi connectivity index (χ3n) is 6.14. The van der Waals surface area contributed by atoms with Gasteiger partial charge in [0.05, 0.1) is 11.3 Å². The fourth-order valence-electron chi connectivity index (χ4n) is 4.15. The summed E-state index contributed by atoms with van der Waals surface area (Å²) in [5.41, 5.74) is -1.81. The molecule has 1 fully saturated rings. The van der Waals surface area contributed by atoms with Crippen LogP contribution in [0.15, 0.2) is 48.5 Å². The van der Waals surface area contributed by atoms with Gasteiger partial charge in [0.1, 0.15) is 0 Å². The molecule has 0 spiro atoms. The minimum Gasteiger partial charge on any atom is -0.341 e. The van der Waals surface area contributed by atoms with Crippen LogP contribution in [0.25, 0.3) is 5.70 Å². The van der Waals surface area contributed by atoms with E-state index in [-0.39, 0.29) is 17.5 Å². The number of rotatable bonds is 5. The van der Waals surface area contributed by atoms with Crippen molar-refractivity contribution in [3.05, 3.63) is 75.8 Å². The van der Waals surface area contributed by atoms with Crippen molar-refractivity contribution in [3.8, 4) is 0 Å². The van der Waals surface area contributed by atoms with Gasteiger partial charge < -0.3 is 4.90 Å². The number of hydrogen-bond acceptors (Lipinski definition) is 3. The van der Waals surface area contributed by atoms with Crippen molar-refractivity contribution < 1.29 is 36.0 Å². The lowest BCUT2D eigenvalue weighted by Gasteiger charge is -2.39. The molecule has 11 heteroatoms. The van der Waals surface area contributed by atoms with E-state index in [1.54, 1.807) is 29.2 Å². The van der Waals surface area contributed by atoms with Crippen LogP contribution in [0.2, 0.25) is 5.02 Å². The van der Waals surface area contributed by atoms with Gasteiger partial charge in [-0.2, -0.15) is 26.3 Å². The highest BCUT2D eigenvalue weighted by molar-refractivity contribution is 6.30. The SMILES string of the molecule is CCCC(=O)N1CC(c2ccc(C3=CC(c4cc(Cl)cc(C(F)(F)F)c4)(C(F)(F)F)ON3)cc2)C1. The smallest absolute Gasteiger partial charge is 0.341 e. The zero-order chi connectivity index (χ0) is 25.6. The maximum atomic E-state index is 14.2. The molecule has 0 aromatic heterocycles. The van der Waals surface area contributed by atoms with Gasteiger partial charge >= 0.3 is 12.4 Å². The Kier molecular flexibility index (Phi) is 6.56. The summed E-state index contributed by atoms with van der Waals surface area (Å²) in [6.07, 6.45) is -8.01. The molecule has 188 valence electrons. The van der Waals surface area contributed by atoms with Crippen molar-refractivity contribution in [2.24, 2.45) is 0 Å². The molecule has 2 aliphatic rings. The second-order valence-corrected chi connectivity index (χ2v) is 9.03. The van der Waals surface area contributed by atoms with Crippen molar-refractivity contribution in [1.29, 1.82) is 0 Å². The first-order valence-corrected chi connectivity index (χ1v) is 11.2. The molecule has 0 aliphatic carbocycles. The van der Waals surface area contributed by atoms with Crippen molar-refractivity contribution in [1.82, 2.24) is 10.4 Å². The molecule has 4 rings (SSSR count). The number of benzene rings is 2. The highest BCUT2D eigenvalue weighted by Crippen LogP contribution is 2.49. The molecule has 2 aromatic rings. The van der Waals surface area contributed by atoms with Crippen molar-refractivity contribution >= 4 is 23.2 Å². The summed E-state index contributed by atoms with van der Waals surface area (Å²) < 4.78 is 82.1. The van der Waals surface area contributed by atoms with Crippen LogP contribution in [0.4, 0.5) is 26.3 Å². The number of alkyl halides is 6. The zero-order valence-corrected chi connectivity index (χ0v) is 19.2. The monoisotopic (exact) mass is 518 g/mol.